The lowest BCUT2D eigenvalue weighted by Gasteiger charge is -2.17. The van der Waals surface area contributed by atoms with Crippen molar-refractivity contribution in [2.45, 2.75) is 32.9 Å². The van der Waals surface area contributed by atoms with Gasteiger partial charge in [0.2, 0.25) is 0 Å². The van der Waals surface area contributed by atoms with Gasteiger partial charge in [0.1, 0.15) is 11.9 Å². The third-order valence-corrected chi connectivity index (χ3v) is 2.89. The van der Waals surface area contributed by atoms with Gasteiger partial charge in [0.05, 0.1) is 0 Å². The van der Waals surface area contributed by atoms with Gasteiger partial charge in [-0.05, 0) is 31.0 Å². The number of hydrogen-bond acceptors (Lipinski definition) is 4. The number of pyridine rings is 1. The molecule has 3 N–H and O–H groups in total. The topological polar surface area (TPSA) is 68.8 Å². The minimum Gasteiger partial charge on any atom is -0.333 e. The van der Waals surface area contributed by atoms with Crippen molar-refractivity contribution >= 4 is 0 Å². The Labute approximate surface area is 107 Å². The maximum Gasteiger partial charge on any atom is 0.131 e. The lowest BCUT2D eigenvalue weighted by atomic mass is 10.1. The molecule has 0 spiro atoms. The first-order valence-electron chi connectivity index (χ1n) is 6.16. The molecule has 2 rings (SSSR count). The molecule has 5 nitrogen and oxygen atoms in total. The van der Waals surface area contributed by atoms with Crippen LogP contribution < -0.4 is 11.3 Å². The molecule has 0 aliphatic rings. The average molecular weight is 245 g/mol. The van der Waals surface area contributed by atoms with Crippen LogP contribution in [0, 0.1) is 6.92 Å². The molecule has 5 heteroatoms. The fraction of sp³-hybridized carbons (Fsp3) is 0.385. The maximum atomic E-state index is 5.69. The van der Waals surface area contributed by atoms with Crippen LogP contribution in [0.5, 0.6) is 0 Å². The zero-order valence-corrected chi connectivity index (χ0v) is 10.8. The molecule has 0 aliphatic carbocycles. The van der Waals surface area contributed by atoms with Gasteiger partial charge in [-0.1, -0.05) is 6.92 Å². The molecule has 0 saturated carbocycles. The highest BCUT2D eigenvalue weighted by Gasteiger charge is 2.17. The van der Waals surface area contributed by atoms with E-state index in [0.29, 0.717) is 0 Å². The van der Waals surface area contributed by atoms with E-state index in [-0.39, 0.29) is 6.04 Å². The molecule has 2 heterocycles. The van der Waals surface area contributed by atoms with Crippen LogP contribution in [0.15, 0.2) is 30.7 Å². The Morgan fingerprint density at radius 2 is 2.22 bits per heavy atom. The molecule has 0 aromatic carbocycles. The summed E-state index contributed by atoms with van der Waals surface area (Å²) in [7, 11) is 0. The first-order chi connectivity index (χ1) is 8.76. The van der Waals surface area contributed by atoms with Gasteiger partial charge in [0, 0.05) is 30.8 Å². The van der Waals surface area contributed by atoms with Gasteiger partial charge in [-0.3, -0.25) is 10.8 Å². The Kier molecular flexibility index (Phi) is 4.07. The minimum absolute atomic E-state index is 0.103. The fourth-order valence-corrected chi connectivity index (χ4v) is 2.08. The third-order valence-electron chi connectivity index (χ3n) is 2.89. The standard InChI is InChI=1S/C13H19N5/c1-3-7-18-8-6-16-13(18)12(17-14)11-4-5-15-10(2)9-11/h4-6,8-9,12,17H,3,7,14H2,1-2H3. The molecule has 0 amide bonds. The van der Waals surface area contributed by atoms with Crippen LogP contribution in [-0.4, -0.2) is 14.5 Å². The number of aromatic nitrogens is 3. The minimum atomic E-state index is -0.103. The Bertz CT molecular complexity index is 506. The highest BCUT2D eigenvalue weighted by atomic mass is 15.3. The number of nitrogens with one attached hydrogen (secondary N) is 1. The summed E-state index contributed by atoms with van der Waals surface area (Å²) in [5, 5.41) is 0. The predicted octanol–water partition coefficient (Wildman–Crippen LogP) is 1.55. The number of hydrogen-bond donors (Lipinski definition) is 2. The van der Waals surface area contributed by atoms with Crippen molar-refractivity contribution in [3.8, 4) is 0 Å². The summed E-state index contributed by atoms with van der Waals surface area (Å²) in [4.78, 5) is 8.61. The van der Waals surface area contributed by atoms with Crippen molar-refractivity contribution < 1.29 is 0 Å². The van der Waals surface area contributed by atoms with Gasteiger partial charge in [-0.25, -0.2) is 10.4 Å². The Hall–Kier alpha value is -1.72. The van der Waals surface area contributed by atoms with Gasteiger partial charge < -0.3 is 4.57 Å². The smallest absolute Gasteiger partial charge is 0.131 e. The number of hydrazine groups is 1. The molecule has 96 valence electrons. The van der Waals surface area contributed by atoms with Crippen molar-refractivity contribution in [3.05, 3.63) is 47.8 Å². The molecule has 1 unspecified atom stereocenters. The van der Waals surface area contributed by atoms with Crippen LogP contribution in [0.3, 0.4) is 0 Å². The van der Waals surface area contributed by atoms with E-state index in [0.717, 1.165) is 30.0 Å². The van der Waals surface area contributed by atoms with Gasteiger partial charge in [0.25, 0.3) is 0 Å². The van der Waals surface area contributed by atoms with E-state index >= 15 is 0 Å². The summed E-state index contributed by atoms with van der Waals surface area (Å²) in [6.45, 7) is 5.05. The summed E-state index contributed by atoms with van der Waals surface area (Å²) in [6.07, 6.45) is 6.65. The van der Waals surface area contributed by atoms with E-state index < -0.39 is 0 Å². The molecule has 0 saturated heterocycles. The molecule has 18 heavy (non-hydrogen) atoms. The van der Waals surface area contributed by atoms with Crippen LogP contribution in [-0.2, 0) is 6.54 Å². The van der Waals surface area contributed by atoms with E-state index in [1.165, 1.54) is 0 Å². The largest absolute Gasteiger partial charge is 0.333 e. The molecule has 0 aliphatic heterocycles. The second-order valence-corrected chi connectivity index (χ2v) is 4.31. The molecule has 2 aromatic rings. The highest BCUT2D eigenvalue weighted by Crippen LogP contribution is 2.20. The number of imidazole rings is 1. The van der Waals surface area contributed by atoms with Crippen molar-refractivity contribution in [1.29, 1.82) is 0 Å². The Morgan fingerprint density at radius 1 is 1.39 bits per heavy atom. The van der Waals surface area contributed by atoms with Crippen molar-refractivity contribution in [3.63, 3.8) is 0 Å². The summed E-state index contributed by atoms with van der Waals surface area (Å²) < 4.78 is 2.13. The Morgan fingerprint density at radius 3 is 2.89 bits per heavy atom. The third kappa shape index (κ3) is 2.57. The lowest BCUT2D eigenvalue weighted by Crippen LogP contribution is -2.31. The van der Waals surface area contributed by atoms with Crippen molar-refractivity contribution in [2.24, 2.45) is 5.84 Å². The van der Waals surface area contributed by atoms with E-state index in [2.05, 4.69) is 26.9 Å². The van der Waals surface area contributed by atoms with Gasteiger partial charge >= 0.3 is 0 Å². The number of rotatable bonds is 5. The second-order valence-electron chi connectivity index (χ2n) is 4.31. The quantitative estimate of drug-likeness (QED) is 0.619. The highest BCUT2D eigenvalue weighted by molar-refractivity contribution is 5.25. The zero-order valence-electron chi connectivity index (χ0n) is 10.8. The number of nitrogens with two attached hydrogens (primary N) is 1. The van der Waals surface area contributed by atoms with E-state index in [1.807, 2.05) is 31.5 Å². The Balaban J connectivity index is 2.36. The first kappa shape index (κ1) is 12.7. The van der Waals surface area contributed by atoms with E-state index in [9.17, 15) is 0 Å². The van der Waals surface area contributed by atoms with Crippen LogP contribution in [0.4, 0.5) is 0 Å². The predicted molar refractivity (Wildman–Crippen MR) is 70.7 cm³/mol. The fourth-order valence-electron chi connectivity index (χ4n) is 2.08. The number of aryl methyl sites for hydroxylation is 2. The van der Waals surface area contributed by atoms with Crippen LogP contribution in [0.25, 0.3) is 0 Å². The normalized spacial score (nSPS) is 12.6. The van der Waals surface area contributed by atoms with Crippen LogP contribution >= 0.6 is 0 Å². The van der Waals surface area contributed by atoms with Gasteiger partial charge in [0.15, 0.2) is 0 Å². The number of nitrogens with zero attached hydrogens (tertiary/aromatic N) is 3. The summed E-state index contributed by atoms with van der Waals surface area (Å²) in [5.41, 5.74) is 4.89. The molecular weight excluding hydrogens is 226 g/mol. The van der Waals surface area contributed by atoms with Crippen LogP contribution in [0.1, 0.15) is 36.5 Å². The van der Waals surface area contributed by atoms with Gasteiger partial charge in [-0.2, -0.15) is 0 Å². The van der Waals surface area contributed by atoms with E-state index in [1.54, 1.807) is 6.20 Å². The lowest BCUT2D eigenvalue weighted by molar-refractivity contribution is 0.545. The molecule has 0 fully saturated rings. The SMILES string of the molecule is CCCn1ccnc1C(NN)c1ccnc(C)c1. The zero-order chi connectivity index (χ0) is 13.0. The van der Waals surface area contributed by atoms with Crippen molar-refractivity contribution in [1.82, 2.24) is 20.0 Å². The second kappa shape index (κ2) is 5.75. The molecule has 1 atom stereocenters. The summed E-state index contributed by atoms with van der Waals surface area (Å²) in [5.74, 6) is 6.62. The molecular formula is C13H19N5. The first-order valence-corrected chi connectivity index (χ1v) is 6.16. The van der Waals surface area contributed by atoms with Gasteiger partial charge in [-0.15, -0.1) is 0 Å². The van der Waals surface area contributed by atoms with E-state index in [4.69, 9.17) is 5.84 Å². The molecule has 0 bridgehead atoms. The summed E-state index contributed by atoms with van der Waals surface area (Å²) >= 11 is 0. The average Bonchev–Trinajstić information content (AvgIpc) is 2.79. The summed E-state index contributed by atoms with van der Waals surface area (Å²) in [6, 6.07) is 3.88. The maximum absolute atomic E-state index is 5.69. The van der Waals surface area contributed by atoms with Crippen molar-refractivity contribution in [2.75, 3.05) is 0 Å². The monoisotopic (exact) mass is 245 g/mol. The van der Waals surface area contributed by atoms with Crippen LogP contribution in [0.2, 0.25) is 0 Å². The molecule has 2 aromatic heterocycles. The molecule has 0 radical (unpaired) electrons.